The minimum atomic E-state index is -0.398. The van der Waals surface area contributed by atoms with Crippen LogP contribution in [0.25, 0.3) is 5.82 Å². The topological polar surface area (TPSA) is 74.8 Å². The Bertz CT molecular complexity index is 1170. The summed E-state index contributed by atoms with van der Waals surface area (Å²) in [6, 6.07) is 10.5. The van der Waals surface area contributed by atoms with Crippen LogP contribution in [-0.2, 0) is 0 Å². The lowest BCUT2D eigenvalue weighted by Gasteiger charge is -2.44. The summed E-state index contributed by atoms with van der Waals surface area (Å²) in [6.07, 6.45) is 16.8. The zero-order chi connectivity index (χ0) is 23.5. The number of nitrogens with zero attached hydrogens (tertiary/aromatic N) is 4. The van der Waals surface area contributed by atoms with Gasteiger partial charge in [-0.1, -0.05) is 48.6 Å². The quantitative estimate of drug-likeness (QED) is 0.404. The minimum Gasteiger partial charge on any atom is -0.390 e. The van der Waals surface area contributed by atoms with E-state index in [9.17, 15) is 5.11 Å². The Balaban J connectivity index is 1.32. The summed E-state index contributed by atoms with van der Waals surface area (Å²) in [5.74, 6) is 2.68. The lowest BCUT2D eigenvalue weighted by atomic mass is 9.65. The zero-order valence-corrected chi connectivity index (χ0v) is 20.0. The van der Waals surface area contributed by atoms with Crippen LogP contribution in [0.1, 0.15) is 63.0 Å². The summed E-state index contributed by atoms with van der Waals surface area (Å²) in [4.78, 5) is 9.67. The Hall–Kier alpha value is -3.25. The maximum atomic E-state index is 10.6. The van der Waals surface area contributed by atoms with E-state index >= 15 is 0 Å². The fourth-order valence-corrected chi connectivity index (χ4v) is 4.88. The summed E-state index contributed by atoms with van der Waals surface area (Å²) in [6.45, 7) is 4.65. The third kappa shape index (κ3) is 4.82. The van der Waals surface area contributed by atoms with Crippen LogP contribution >= 0.6 is 0 Å². The minimum absolute atomic E-state index is 0.398. The highest BCUT2D eigenvalue weighted by molar-refractivity contribution is 5.87. The van der Waals surface area contributed by atoms with Crippen molar-refractivity contribution >= 4 is 23.6 Å². The second kappa shape index (κ2) is 9.55. The molecule has 1 aliphatic heterocycles. The van der Waals surface area contributed by atoms with Crippen LogP contribution < -0.4 is 5.32 Å². The number of allylic oxidation sites excluding steroid dienone is 4. The van der Waals surface area contributed by atoms with Crippen LogP contribution in [0, 0.1) is 5.92 Å². The molecule has 3 aliphatic rings. The van der Waals surface area contributed by atoms with Gasteiger partial charge in [0.2, 0.25) is 0 Å². The average molecular weight is 456 g/mol. The second-order valence-electron chi connectivity index (χ2n) is 9.67. The first kappa shape index (κ1) is 22.5. The lowest BCUT2D eigenvalue weighted by Crippen LogP contribution is -2.44. The number of aliphatic hydroxyl groups is 1. The molecule has 1 aromatic heterocycles. The van der Waals surface area contributed by atoms with Gasteiger partial charge in [0.25, 0.3) is 0 Å². The van der Waals surface area contributed by atoms with Crippen molar-refractivity contribution in [1.82, 2.24) is 9.78 Å². The third-order valence-corrected chi connectivity index (χ3v) is 7.00. The number of benzene rings is 1. The van der Waals surface area contributed by atoms with Gasteiger partial charge in [-0.15, -0.1) is 0 Å². The van der Waals surface area contributed by atoms with Crippen molar-refractivity contribution in [3.8, 4) is 0 Å². The van der Waals surface area contributed by atoms with Crippen molar-refractivity contribution in [1.29, 1.82) is 0 Å². The van der Waals surface area contributed by atoms with Crippen LogP contribution in [0.2, 0.25) is 0 Å². The van der Waals surface area contributed by atoms with Gasteiger partial charge in [0.1, 0.15) is 11.5 Å². The van der Waals surface area contributed by atoms with Crippen LogP contribution in [-0.4, -0.2) is 39.0 Å². The SMILES string of the molecule is C/C=C\C=C/CC(C)=NC1=C(/N=C/c2ccc(C3CC(O)(C4CC4)C3)cc2)n2nccc2NC1. The highest BCUT2D eigenvalue weighted by atomic mass is 16.3. The molecular formula is C28H33N5O. The molecule has 0 unspecified atom stereocenters. The number of nitrogens with one attached hydrogen (secondary N) is 1. The molecule has 0 radical (unpaired) electrons. The first-order valence-corrected chi connectivity index (χ1v) is 12.3. The molecule has 0 bridgehead atoms. The molecular weight excluding hydrogens is 422 g/mol. The van der Waals surface area contributed by atoms with Crippen LogP contribution in [0.4, 0.5) is 5.82 Å². The monoisotopic (exact) mass is 455 g/mol. The predicted octanol–water partition coefficient (Wildman–Crippen LogP) is 5.56. The van der Waals surface area contributed by atoms with Gasteiger partial charge in [0.05, 0.1) is 18.3 Å². The van der Waals surface area contributed by atoms with E-state index in [1.165, 1.54) is 18.4 Å². The van der Waals surface area contributed by atoms with Gasteiger partial charge in [0, 0.05) is 24.4 Å². The van der Waals surface area contributed by atoms with E-state index in [0.29, 0.717) is 18.4 Å². The van der Waals surface area contributed by atoms with Crippen LogP contribution in [0.15, 0.2) is 76.5 Å². The molecule has 1 aromatic carbocycles. The number of hydrogen-bond donors (Lipinski definition) is 2. The maximum Gasteiger partial charge on any atom is 0.179 e. The molecule has 176 valence electrons. The molecule has 2 aromatic rings. The summed E-state index contributed by atoms with van der Waals surface area (Å²) < 4.78 is 1.81. The zero-order valence-electron chi connectivity index (χ0n) is 20.0. The average Bonchev–Trinajstić information content (AvgIpc) is 3.57. The highest BCUT2D eigenvalue weighted by Gasteiger charge is 2.52. The molecule has 0 spiro atoms. The normalized spacial score (nSPS) is 25.3. The molecule has 2 heterocycles. The van der Waals surface area contributed by atoms with Crippen molar-refractivity contribution in [2.75, 3.05) is 11.9 Å². The molecule has 0 amide bonds. The van der Waals surface area contributed by atoms with E-state index in [4.69, 9.17) is 9.98 Å². The summed E-state index contributed by atoms with van der Waals surface area (Å²) >= 11 is 0. The fraction of sp³-hybridized carbons (Fsp3) is 0.393. The number of fused-ring (bicyclic) bond motifs is 1. The van der Waals surface area contributed by atoms with Gasteiger partial charge in [-0.2, -0.15) is 9.78 Å². The third-order valence-electron chi connectivity index (χ3n) is 7.00. The Morgan fingerprint density at radius 3 is 2.74 bits per heavy atom. The molecule has 2 fully saturated rings. The number of hydrogen-bond acceptors (Lipinski definition) is 5. The van der Waals surface area contributed by atoms with E-state index in [-0.39, 0.29) is 0 Å². The Labute approximate surface area is 201 Å². The van der Waals surface area contributed by atoms with E-state index in [0.717, 1.165) is 47.9 Å². The Morgan fingerprint density at radius 1 is 1.21 bits per heavy atom. The van der Waals surface area contributed by atoms with Crippen LogP contribution in [0.5, 0.6) is 0 Å². The van der Waals surface area contributed by atoms with E-state index in [1.807, 2.05) is 49.0 Å². The number of rotatable bonds is 8. The number of aliphatic imine (C=N–C) groups is 2. The smallest absolute Gasteiger partial charge is 0.179 e. The van der Waals surface area contributed by atoms with E-state index < -0.39 is 5.60 Å². The molecule has 2 N–H and O–H groups in total. The number of aromatic nitrogens is 2. The summed E-state index contributed by atoms with van der Waals surface area (Å²) in [5, 5.41) is 18.4. The van der Waals surface area contributed by atoms with Crippen molar-refractivity contribution in [2.24, 2.45) is 15.9 Å². The molecule has 2 aliphatic carbocycles. The molecule has 0 atom stereocenters. The van der Waals surface area contributed by atoms with Gasteiger partial charge in [-0.05, 0) is 62.5 Å². The van der Waals surface area contributed by atoms with Crippen molar-refractivity contribution in [3.63, 3.8) is 0 Å². The first-order chi connectivity index (χ1) is 16.6. The molecule has 6 heteroatoms. The van der Waals surface area contributed by atoms with E-state index in [2.05, 4.69) is 40.8 Å². The van der Waals surface area contributed by atoms with Gasteiger partial charge in [-0.3, -0.25) is 4.99 Å². The van der Waals surface area contributed by atoms with Crippen molar-refractivity contribution < 1.29 is 5.11 Å². The fourth-order valence-electron chi connectivity index (χ4n) is 4.88. The van der Waals surface area contributed by atoms with Gasteiger partial charge in [0.15, 0.2) is 5.82 Å². The standard InChI is InChI=1S/C28H33N5O/c1-3-4-5-6-7-20(2)32-25-19-29-26-14-15-31-33(26)27(25)30-18-21-8-10-22(11-9-21)23-16-28(34,17-23)24-12-13-24/h3-6,8-11,14-15,18,23-24,29,34H,7,12-13,16-17,19H2,1-2H3/b4-3-,6-5-,30-18+,32-20?. The Kier molecular flexibility index (Phi) is 6.33. The molecule has 34 heavy (non-hydrogen) atoms. The highest BCUT2D eigenvalue weighted by Crippen LogP contribution is 2.55. The maximum absolute atomic E-state index is 10.6. The van der Waals surface area contributed by atoms with Gasteiger partial charge >= 0.3 is 0 Å². The molecule has 5 rings (SSSR count). The van der Waals surface area contributed by atoms with E-state index in [1.54, 1.807) is 6.20 Å². The van der Waals surface area contributed by atoms with Crippen molar-refractivity contribution in [3.05, 3.63) is 77.7 Å². The number of anilines is 1. The lowest BCUT2D eigenvalue weighted by molar-refractivity contribution is -0.0679. The molecule has 2 saturated carbocycles. The van der Waals surface area contributed by atoms with Gasteiger partial charge < -0.3 is 10.4 Å². The largest absolute Gasteiger partial charge is 0.390 e. The molecule has 6 nitrogen and oxygen atoms in total. The van der Waals surface area contributed by atoms with Gasteiger partial charge in [-0.25, -0.2) is 4.99 Å². The Morgan fingerprint density at radius 2 is 2.00 bits per heavy atom. The van der Waals surface area contributed by atoms with Crippen molar-refractivity contribution in [2.45, 2.75) is 57.5 Å². The first-order valence-electron chi connectivity index (χ1n) is 12.3. The summed E-state index contributed by atoms with van der Waals surface area (Å²) in [7, 11) is 0. The predicted molar refractivity (Wildman–Crippen MR) is 139 cm³/mol. The molecule has 0 saturated heterocycles. The second-order valence-corrected chi connectivity index (χ2v) is 9.67. The summed E-state index contributed by atoms with van der Waals surface area (Å²) in [5.41, 5.74) is 3.84. The van der Waals surface area contributed by atoms with Crippen LogP contribution in [0.3, 0.4) is 0 Å².